The normalized spacial score (nSPS) is 27.6. The van der Waals surface area contributed by atoms with Gasteiger partial charge in [-0.25, -0.2) is 0 Å². The van der Waals surface area contributed by atoms with E-state index in [1.807, 2.05) is 6.92 Å². The lowest BCUT2D eigenvalue weighted by Gasteiger charge is -2.49. The molecule has 2 atom stereocenters. The Bertz CT molecular complexity index is 377. The largest absolute Gasteiger partial charge is 0.383 e. The van der Waals surface area contributed by atoms with Crippen LogP contribution in [0.4, 0.5) is 0 Å². The van der Waals surface area contributed by atoms with E-state index < -0.39 is 11.6 Å². The van der Waals surface area contributed by atoms with Gasteiger partial charge >= 0.3 is 0 Å². The first-order chi connectivity index (χ1) is 9.55. The number of nitrogens with one attached hydrogen (secondary N) is 1. The maximum Gasteiger partial charge on any atom is 0.249 e. The average molecular weight is 282 g/mol. The summed E-state index contributed by atoms with van der Waals surface area (Å²) in [7, 11) is 1.64. The van der Waals surface area contributed by atoms with Crippen molar-refractivity contribution in [2.24, 2.45) is 0 Å². The van der Waals surface area contributed by atoms with Gasteiger partial charge in [-0.3, -0.25) is 9.59 Å². The fourth-order valence-electron chi connectivity index (χ4n) is 3.51. The van der Waals surface area contributed by atoms with Crippen molar-refractivity contribution in [2.45, 2.75) is 70.0 Å². The lowest BCUT2D eigenvalue weighted by atomic mass is 9.78. The number of carbonyl (C=O) groups is 2. The predicted octanol–water partition coefficient (Wildman–Crippen LogP) is 1.46. The second-order valence-electron chi connectivity index (χ2n) is 6.04. The summed E-state index contributed by atoms with van der Waals surface area (Å²) in [5, 5.41) is 3.01. The Morgan fingerprint density at radius 2 is 2.00 bits per heavy atom. The third-order valence-corrected chi connectivity index (χ3v) is 4.73. The summed E-state index contributed by atoms with van der Waals surface area (Å²) in [5.41, 5.74) is -0.650. The summed E-state index contributed by atoms with van der Waals surface area (Å²) in [6.07, 6.45) is 5.50. The molecular weight excluding hydrogens is 256 g/mol. The minimum atomic E-state index is -0.650. The minimum absolute atomic E-state index is 0.0210. The van der Waals surface area contributed by atoms with Crippen LogP contribution in [0.1, 0.15) is 52.4 Å². The number of rotatable bonds is 4. The Kier molecular flexibility index (Phi) is 4.68. The molecule has 2 aliphatic rings. The fourth-order valence-corrected chi connectivity index (χ4v) is 3.51. The summed E-state index contributed by atoms with van der Waals surface area (Å²) in [6, 6.07) is -0.428. The van der Waals surface area contributed by atoms with Crippen molar-refractivity contribution < 1.29 is 14.3 Å². The number of methoxy groups -OCH3 is 1. The molecule has 0 bridgehead atoms. The zero-order valence-electron chi connectivity index (χ0n) is 12.8. The van der Waals surface area contributed by atoms with E-state index in [0.29, 0.717) is 6.61 Å². The Labute approximate surface area is 121 Å². The van der Waals surface area contributed by atoms with Crippen molar-refractivity contribution in [2.75, 3.05) is 13.7 Å². The van der Waals surface area contributed by atoms with E-state index in [-0.39, 0.29) is 17.9 Å². The second-order valence-corrected chi connectivity index (χ2v) is 6.04. The Hall–Kier alpha value is -1.10. The monoisotopic (exact) mass is 282 g/mol. The van der Waals surface area contributed by atoms with Crippen LogP contribution in [-0.4, -0.2) is 48.1 Å². The maximum atomic E-state index is 13.0. The molecule has 2 amide bonds. The number of ether oxygens (including phenoxy) is 1. The second kappa shape index (κ2) is 6.12. The molecule has 0 radical (unpaired) electrons. The van der Waals surface area contributed by atoms with Crippen molar-refractivity contribution in [3.05, 3.63) is 0 Å². The molecule has 1 aliphatic heterocycles. The van der Waals surface area contributed by atoms with E-state index in [0.717, 1.165) is 38.5 Å². The summed E-state index contributed by atoms with van der Waals surface area (Å²) in [6.45, 7) is 4.32. The molecule has 0 aromatic rings. The highest BCUT2D eigenvalue weighted by molar-refractivity contribution is 5.99. The van der Waals surface area contributed by atoms with Gasteiger partial charge in [-0.05, 0) is 26.2 Å². The third kappa shape index (κ3) is 2.55. The lowest BCUT2D eigenvalue weighted by Crippen LogP contribution is -2.72. The Morgan fingerprint density at radius 3 is 2.55 bits per heavy atom. The molecule has 20 heavy (non-hydrogen) atoms. The van der Waals surface area contributed by atoms with Gasteiger partial charge in [-0.15, -0.1) is 0 Å². The molecular formula is C15H26N2O3. The third-order valence-electron chi connectivity index (χ3n) is 4.73. The maximum absolute atomic E-state index is 13.0. The van der Waals surface area contributed by atoms with Crippen molar-refractivity contribution in [1.82, 2.24) is 10.2 Å². The number of hydrogen-bond acceptors (Lipinski definition) is 3. The van der Waals surface area contributed by atoms with E-state index in [4.69, 9.17) is 4.74 Å². The molecule has 2 fully saturated rings. The van der Waals surface area contributed by atoms with Crippen LogP contribution in [0.25, 0.3) is 0 Å². The van der Waals surface area contributed by atoms with Gasteiger partial charge in [0.15, 0.2) is 0 Å². The summed E-state index contributed by atoms with van der Waals surface area (Å²) >= 11 is 0. The molecule has 2 unspecified atom stereocenters. The van der Waals surface area contributed by atoms with Crippen LogP contribution in [0.3, 0.4) is 0 Å². The molecule has 1 saturated carbocycles. The average Bonchev–Trinajstić information content (AvgIpc) is 2.45. The molecule has 114 valence electrons. The van der Waals surface area contributed by atoms with Crippen LogP contribution >= 0.6 is 0 Å². The molecule has 1 aliphatic carbocycles. The topological polar surface area (TPSA) is 58.6 Å². The van der Waals surface area contributed by atoms with Gasteiger partial charge in [0.05, 0.1) is 12.6 Å². The van der Waals surface area contributed by atoms with E-state index in [1.54, 1.807) is 18.9 Å². The van der Waals surface area contributed by atoms with Gasteiger partial charge in [0, 0.05) is 7.11 Å². The van der Waals surface area contributed by atoms with Crippen LogP contribution in [0.15, 0.2) is 0 Å². The highest BCUT2D eigenvalue weighted by Gasteiger charge is 2.51. The van der Waals surface area contributed by atoms with Crippen LogP contribution in [0.2, 0.25) is 0 Å². The molecule has 0 aromatic carbocycles. The number of carbonyl (C=O) groups excluding carboxylic acids is 2. The van der Waals surface area contributed by atoms with E-state index >= 15 is 0 Å². The highest BCUT2D eigenvalue weighted by atomic mass is 16.5. The summed E-state index contributed by atoms with van der Waals surface area (Å²) < 4.78 is 5.23. The number of nitrogens with zero attached hydrogens (tertiary/aromatic N) is 1. The molecule has 5 heteroatoms. The van der Waals surface area contributed by atoms with Gasteiger partial charge in [0.2, 0.25) is 11.8 Å². The lowest BCUT2D eigenvalue weighted by molar-refractivity contribution is -0.160. The minimum Gasteiger partial charge on any atom is -0.383 e. The van der Waals surface area contributed by atoms with Gasteiger partial charge in [-0.1, -0.05) is 26.2 Å². The quantitative estimate of drug-likeness (QED) is 0.849. The van der Waals surface area contributed by atoms with Crippen LogP contribution in [0.5, 0.6) is 0 Å². The molecule has 1 heterocycles. The molecule has 1 saturated heterocycles. The van der Waals surface area contributed by atoms with E-state index in [9.17, 15) is 9.59 Å². The standard InChI is InChI=1S/C15H26N2O3/c1-4-12(10-20-3)17-11(2)13(18)16-15(14(17)19)8-6-5-7-9-15/h11-12H,4-10H2,1-3H3,(H,16,18). The molecule has 5 nitrogen and oxygen atoms in total. The van der Waals surface area contributed by atoms with Crippen molar-refractivity contribution in [1.29, 1.82) is 0 Å². The SMILES string of the molecule is CCC(COC)N1C(=O)C2(CCCCC2)NC(=O)C1C. The van der Waals surface area contributed by atoms with Crippen molar-refractivity contribution in [3.63, 3.8) is 0 Å². The molecule has 1 N–H and O–H groups in total. The molecule has 1 spiro atoms. The van der Waals surface area contributed by atoms with Gasteiger partial charge in [0.25, 0.3) is 0 Å². The van der Waals surface area contributed by atoms with Crippen molar-refractivity contribution in [3.8, 4) is 0 Å². The van der Waals surface area contributed by atoms with Gasteiger partial charge in [0.1, 0.15) is 11.6 Å². The van der Waals surface area contributed by atoms with Crippen molar-refractivity contribution >= 4 is 11.8 Å². The summed E-state index contributed by atoms with van der Waals surface area (Å²) in [5.74, 6) is 0.0641. The predicted molar refractivity (Wildman–Crippen MR) is 76.2 cm³/mol. The van der Waals surface area contributed by atoms with Crippen LogP contribution in [-0.2, 0) is 14.3 Å². The van der Waals surface area contributed by atoms with Crippen LogP contribution < -0.4 is 5.32 Å². The Balaban J connectivity index is 2.28. The zero-order valence-corrected chi connectivity index (χ0v) is 12.8. The number of amides is 2. The number of piperazine rings is 1. The van der Waals surface area contributed by atoms with E-state index in [2.05, 4.69) is 5.32 Å². The first-order valence-corrected chi connectivity index (χ1v) is 7.69. The number of hydrogen-bond donors (Lipinski definition) is 1. The first kappa shape index (κ1) is 15.3. The van der Waals surface area contributed by atoms with E-state index in [1.165, 1.54) is 0 Å². The van der Waals surface area contributed by atoms with Gasteiger partial charge < -0.3 is 15.0 Å². The fraction of sp³-hybridized carbons (Fsp3) is 0.867. The molecule has 0 aromatic heterocycles. The smallest absolute Gasteiger partial charge is 0.249 e. The van der Waals surface area contributed by atoms with Crippen LogP contribution in [0, 0.1) is 0 Å². The zero-order chi connectivity index (χ0) is 14.8. The van der Waals surface area contributed by atoms with Gasteiger partial charge in [-0.2, -0.15) is 0 Å². The highest BCUT2D eigenvalue weighted by Crippen LogP contribution is 2.34. The molecule has 2 rings (SSSR count). The Morgan fingerprint density at radius 1 is 1.35 bits per heavy atom. The first-order valence-electron chi connectivity index (χ1n) is 7.69. The summed E-state index contributed by atoms with van der Waals surface area (Å²) in [4.78, 5) is 27.1.